The summed E-state index contributed by atoms with van der Waals surface area (Å²) in [5.41, 5.74) is 0. The molecule has 2 unspecified atom stereocenters. The molecule has 3 nitrogen and oxygen atoms in total. The van der Waals surface area contributed by atoms with Crippen molar-refractivity contribution in [2.45, 2.75) is 44.7 Å². The number of nitrogens with one attached hydrogen (secondary N) is 1. The molecule has 0 aromatic rings. The molecule has 0 saturated carbocycles. The van der Waals surface area contributed by atoms with Crippen LogP contribution in [-0.4, -0.2) is 61.7 Å². The third-order valence-electron chi connectivity index (χ3n) is 4.07. The molecule has 0 bridgehead atoms. The van der Waals surface area contributed by atoms with Crippen molar-refractivity contribution in [1.29, 1.82) is 0 Å². The minimum atomic E-state index is 0.663. The Balaban J connectivity index is 1.82. The zero-order valence-corrected chi connectivity index (χ0v) is 10.9. The van der Waals surface area contributed by atoms with E-state index in [0.29, 0.717) is 6.04 Å². The summed E-state index contributed by atoms with van der Waals surface area (Å²) in [5, 5.41) is 3.57. The van der Waals surface area contributed by atoms with Crippen LogP contribution in [0, 0.1) is 0 Å². The molecule has 16 heavy (non-hydrogen) atoms. The first kappa shape index (κ1) is 12.3. The van der Waals surface area contributed by atoms with E-state index in [1.807, 2.05) is 0 Å². The largest absolute Gasteiger partial charge is 0.313 e. The molecule has 0 amide bonds. The summed E-state index contributed by atoms with van der Waals surface area (Å²) >= 11 is 0. The van der Waals surface area contributed by atoms with Crippen molar-refractivity contribution in [3.05, 3.63) is 0 Å². The van der Waals surface area contributed by atoms with Gasteiger partial charge in [-0.05, 0) is 52.9 Å². The zero-order chi connectivity index (χ0) is 11.4. The third-order valence-corrected chi connectivity index (χ3v) is 4.07. The molecule has 0 aromatic heterocycles. The van der Waals surface area contributed by atoms with Gasteiger partial charge in [-0.25, -0.2) is 0 Å². The average molecular weight is 225 g/mol. The van der Waals surface area contributed by atoms with Gasteiger partial charge in [0.25, 0.3) is 0 Å². The molecule has 2 saturated heterocycles. The highest BCUT2D eigenvalue weighted by Gasteiger charge is 2.23. The van der Waals surface area contributed by atoms with Crippen LogP contribution < -0.4 is 5.32 Å². The first-order valence-corrected chi connectivity index (χ1v) is 6.91. The molecule has 2 fully saturated rings. The molecule has 0 radical (unpaired) electrons. The summed E-state index contributed by atoms with van der Waals surface area (Å²) in [6.07, 6.45) is 5.52. The summed E-state index contributed by atoms with van der Waals surface area (Å²) in [6, 6.07) is 1.47. The summed E-state index contributed by atoms with van der Waals surface area (Å²) in [5.74, 6) is 0. The van der Waals surface area contributed by atoms with Gasteiger partial charge in [-0.3, -0.25) is 0 Å². The molecule has 94 valence electrons. The van der Waals surface area contributed by atoms with Crippen LogP contribution in [0.4, 0.5) is 0 Å². The van der Waals surface area contributed by atoms with Crippen molar-refractivity contribution in [3.63, 3.8) is 0 Å². The average Bonchev–Trinajstić information content (AvgIpc) is 2.46. The van der Waals surface area contributed by atoms with Gasteiger partial charge in [-0.2, -0.15) is 0 Å². The van der Waals surface area contributed by atoms with Crippen molar-refractivity contribution in [2.24, 2.45) is 0 Å². The number of nitrogens with zero attached hydrogens (tertiary/aromatic N) is 2. The van der Waals surface area contributed by atoms with E-state index < -0.39 is 0 Å². The van der Waals surface area contributed by atoms with Gasteiger partial charge >= 0.3 is 0 Å². The fourth-order valence-corrected chi connectivity index (χ4v) is 3.03. The number of piperidine rings is 1. The lowest BCUT2D eigenvalue weighted by molar-refractivity contribution is 0.128. The lowest BCUT2D eigenvalue weighted by Gasteiger charge is -2.36. The Morgan fingerprint density at radius 2 is 2.06 bits per heavy atom. The van der Waals surface area contributed by atoms with Gasteiger partial charge < -0.3 is 15.1 Å². The van der Waals surface area contributed by atoms with E-state index in [4.69, 9.17) is 0 Å². The van der Waals surface area contributed by atoms with Gasteiger partial charge in [0.2, 0.25) is 0 Å². The molecule has 2 atom stereocenters. The first-order valence-electron chi connectivity index (χ1n) is 6.91. The Labute approximate surface area is 100 Å². The quantitative estimate of drug-likeness (QED) is 0.761. The number of likely N-dealkylation sites (tertiary alicyclic amines) is 1. The van der Waals surface area contributed by atoms with E-state index in [1.54, 1.807) is 0 Å². The topological polar surface area (TPSA) is 18.5 Å². The van der Waals surface area contributed by atoms with Gasteiger partial charge in [0, 0.05) is 25.2 Å². The first-order chi connectivity index (χ1) is 7.75. The van der Waals surface area contributed by atoms with Gasteiger partial charge in [0.05, 0.1) is 0 Å². The molecule has 0 aromatic carbocycles. The highest BCUT2D eigenvalue weighted by molar-refractivity contribution is 4.81. The second-order valence-corrected chi connectivity index (χ2v) is 5.60. The highest BCUT2D eigenvalue weighted by Crippen LogP contribution is 2.16. The molecule has 0 spiro atoms. The number of likely N-dealkylation sites (N-methyl/N-ethyl adjacent to an activating group) is 1. The van der Waals surface area contributed by atoms with E-state index in [9.17, 15) is 0 Å². The van der Waals surface area contributed by atoms with Crippen LogP contribution in [0.3, 0.4) is 0 Å². The minimum Gasteiger partial charge on any atom is -0.313 e. The van der Waals surface area contributed by atoms with Crippen molar-refractivity contribution >= 4 is 0 Å². The standard InChI is InChI=1S/C13H27N3/c1-12-10-16(9-5-7-14-12)11-13-6-3-4-8-15(13)2/h12-14H,3-11H2,1-2H3. The maximum absolute atomic E-state index is 3.57. The lowest BCUT2D eigenvalue weighted by Crippen LogP contribution is -2.46. The molecule has 0 aliphatic carbocycles. The highest BCUT2D eigenvalue weighted by atomic mass is 15.2. The van der Waals surface area contributed by atoms with Crippen LogP contribution in [-0.2, 0) is 0 Å². The van der Waals surface area contributed by atoms with E-state index in [-0.39, 0.29) is 0 Å². The van der Waals surface area contributed by atoms with Crippen molar-refractivity contribution < 1.29 is 0 Å². The van der Waals surface area contributed by atoms with E-state index in [1.165, 1.54) is 58.4 Å². The van der Waals surface area contributed by atoms with Crippen LogP contribution in [0.5, 0.6) is 0 Å². The van der Waals surface area contributed by atoms with Gasteiger partial charge in [0.15, 0.2) is 0 Å². The van der Waals surface area contributed by atoms with Crippen molar-refractivity contribution in [1.82, 2.24) is 15.1 Å². The molecular formula is C13H27N3. The van der Waals surface area contributed by atoms with Gasteiger partial charge in [0.1, 0.15) is 0 Å². The Bertz CT molecular complexity index is 207. The zero-order valence-electron chi connectivity index (χ0n) is 10.9. The molecule has 2 heterocycles. The van der Waals surface area contributed by atoms with Crippen LogP contribution in [0.1, 0.15) is 32.6 Å². The molecule has 3 heteroatoms. The minimum absolute atomic E-state index is 0.663. The van der Waals surface area contributed by atoms with Crippen LogP contribution in [0.25, 0.3) is 0 Å². The SMILES string of the molecule is CC1CN(CC2CCCCN2C)CCCN1. The summed E-state index contributed by atoms with van der Waals surface area (Å²) in [6.45, 7) is 8.59. The second kappa shape index (κ2) is 5.99. The van der Waals surface area contributed by atoms with Crippen molar-refractivity contribution in [3.8, 4) is 0 Å². The molecule has 2 aliphatic rings. The summed E-state index contributed by atoms with van der Waals surface area (Å²) in [4.78, 5) is 5.23. The maximum Gasteiger partial charge on any atom is 0.0220 e. The van der Waals surface area contributed by atoms with Crippen LogP contribution in [0.2, 0.25) is 0 Å². The lowest BCUT2D eigenvalue weighted by atomic mass is 10.0. The molecule has 1 N–H and O–H groups in total. The third kappa shape index (κ3) is 3.44. The normalized spacial score (nSPS) is 34.9. The smallest absolute Gasteiger partial charge is 0.0220 e. The molecular weight excluding hydrogens is 198 g/mol. The van der Waals surface area contributed by atoms with E-state index >= 15 is 0 Å². The molecule has 2 rings (SSSR count). The molecule has 2 aliphatic heterocycles. The summed E-state index contributed by atoms with van der Waals surface area (Å²) < 4.78 is 0. The fourth-order valence-electron chi connectivity index (χ4n) is 3.03. The van der Waals surface area contributed by atoms with E-state index in [2.05, 4.69) is 29.1 Å². The number of hydrogen-bond donors (Lipinski definition) is 1. The Morgan fingerprint density at radius 3 is 2.88 bits per heavy atom. The second-order valence-electron chi connectivity index (χ2n) is 5.60. The Hall–Kier alpha value is -0.120. The predicted molar refractivity (Wildman–Crippen MR) is 68.8 cm³/mol. The predicted octanol–water partition coefficient (Wildman–Crippen LogP) is 1.15. The van der Waals surface area contributed by atoms with Crippen LogP contribution in [0.15, 0.2) is 0 Å². The van der Waals surface area contributed by atoms with Gasteiger partial charge in [-0.15, -0.1) is 0 Å². The Kier molecular flexibility index (Phi) is 4.62. The Morgan fingerprint density at radius 1 is 1.19 bits per heavy atom. The van der Waals surface area contributed by atoms with Crippen molar-refractivity contribution in [2.75, 3.05) is 39.8 Å². The van der Waals surface area contributed by atoms with Crippen LogP contribution >= 0.6 is 0 Å². The summed E-state index contributed by atoms with van der Waals surface area (Å²) in [7, 11) is 2.29. The number of hydrogen-bond acceptors (Lipinski definition) is 3. The van der Waals surface area contributed by atoms with Gasteiger partial charge in [-0.1, -0.05) is 6.42 Å². The van der Waals surface area contributed by atoms with E-state index in [0.717, 1.165) is 6.04 Å². The fraction of sp³-hybridized carbons (Fsp3) is 1.00. The maximum atomic E-state index is 3.57. The number of rotatable bonds is 2. The monoisotopic (exact) mass is 225 g/mol.